The molecule has 2 atom stereocenters. The SMILES string of the molecule is C[C@H](c1ccccc1)N1C(=O)N[C@@H](CCC(=O)Nc2ccccc2)C1=O. The van der Waals surface area contributed by atoms with Crippen LogP contribution in [0.1, 0.15) is 31.4 Å². The van der Waals surface area contributed by atoms with Gasteiger partial charge in [-0.2, -0.15) is 0 Å². The number of nitrogens with one attached hydrogen (secondary N) is 2. The van der Waals surface area contributed by atoms with Crippen LogP contribution < -0.4 is 10.6 Å². The summed E-state index contributed by atoms with van der Waals surface area (Å²) in [6.45, 7) is 1.82. The predicted molar refractivity (Wildman–Crippen MR) is 98.3 cm³/mol. The zero-order chi connectivity index (χ0) is 18.5. The molecule has 1 fully saturated rings. The van der Waals surface area contributed by atoms with E-state index in [0.717, 1.165) is 5.56 Å². The first kappa shape index (κ1) is 17.7. The van der Waals surface area contributed by atoms with Crippen molar-refractivity contribution >= 4 is 23.5 Å². The molecule has 4 amide bonds. The van der Waals surface area contributed by atoms with Crippen molar-refractivity contribution in [2.75, 3.05) is 5.32 Å². The maximum Gasteiger partial charge on any atom is 0.325 e. The van der Waals surface area contributed by atoms with E-state index in [1.165, 1.54) is 4.90 Å². The van der Waals surface area contributed by atoms with Gasteiger partial charge in [-0.05, 0) is 31.0 Å². The van der Waals surface area contributed by atoms with Crippen molar-refractivity contribution in [3.63, 3.8) is 0 Å². The number of amides is 4. The van der Waals surface area contributed by atoms with Crippen LogP contribution in [0.3, 0.4) is 0 Å². The lowest BCUT2D eigenvalue weighted by Crippen LogP contribution is -2.34. The number of carbonyl (C=O) groups excluding carboxylic acids is 3. The molecule has 1 aliphatic heterocycles. The summed E-state index contributed by atoms with van der Waals surface area (Å²) in [5, 5.41) is 5.46. The first-order chi connectivity index (χ1) is 12.6. The third kappa shape index (κ3) is 3.91. The quantitative estimate of drug-likeness (QED) is 0.785. The van der Waals surface area contributed by atoms with Crippen LogP contribution in [0.4, 0.5) is 10.5 Å². The van der Waals surface area contributed by atoms with Crippen molar-refractivity contribution in [2.45, 2.75) is 31.8 Å². The van der Waals surface area contributed by atoms with E-state index in [0.29, 0.717) is 5.69 Å². The molecule has 2 N–H and O–H groups in total. The number of benzene rings is 2. The zero-order valence-corrected chi connectivity index (χ0v) is 14.5. The lowest BCUT2D eigenvalue weighted by atomic mass is 10.1. The van der Waals surface area contributed by atoms with Gasteiger partial charge in [0.2, 0.25) is 5.91 Å². The highest BCUT2D eigenvalue weighted by Crippen LogP contribution is 2.25. The van der Waals surface area contributed by atoms with Crippen LogP contribution in [-0.4, -0.2) is 28.8 Å². The predicted octanol–water partition coefficient (Wildman–Crippen LogP) is 3.09. The van der Waals surface area contributed by atoms with E-state index in [1.807, 2.05) is 55.5 Å². The number of urea groups is 1. The minimum Gasteiger partial charge on any atom is -0.326 e. The Bertz CT molecular complexity index is 792. The topological polar surface area (TPSA) is 78.5 Å². The van der Waals surface area contributed by atoms with Crippen molar-refractivity contribution in [1.29, 1.82) is 0 Å². The molecule has 0 aromatic heterocycles. The monoisotopic (exact) mass is 351 g/mol. The number of para-hydroxylation sites is 1. The van der Waals surface area contributed by atoms with Gasteiger partial charge in [-0.25, -0.2) is 4.79 Å². The minimum atomic E-state index is -0.671. The Hall–Kier alpha value is -3.15. The van der Waals surface area contributed by atoms with Crippen LogP contribution in [0.15, 0.2) is 60.7 Å². The third-order valence-corrected chi connectivity index (χ3v) is 4.44. The lowest BCUT2D eigenvalue weighted by molar-refractivity contribution is -0.129. The normalized spacial score (nSPS) is 17.7. The summed E-state index contributed by atoms with van der Waals surface area (Å²) in [5.41, 5.74) is 1.59. The maximum atomic E-state index is 12.6. The van der Waals surface area contributed by atoms with Crippen LogP contribution in [-0.2, 0) is 9.59 Å². The number of anilines is 1. The molecule has 134 valence electrons. The number of hydrogen-bond acceptors (Lipinski definition) is 3. The van der Waals surface area contributed by atoms with Gasteiger partial charge < -0.3 is 10.6 Å². The van der Waals surface area contributed by atoms with Crippen LogP contribution in [0.25, 0.3) is 0 Å². The second-order valence-corrected chi connectivity index (χ2v) is 6.25. The molecule has 0 spiro atoms. The van der Waals surface area contributed by atoms with E-state index in [9.17, 15) is 14.4 Å². The molecule has 1 heterocycles. The molecule has 6 heteroatoms. The Balaban J connectivity index is 1.58. The molecule has 0 unspecified atom stereocenters. The molecule has 0 saturated carbocycles. The molecular formula is C20H21N3O3. The molecule has 2 aromatic rings. The van der Waals surface area contributed by atoms with E-state index in [2.05, 4.69) is 10.6 Å². The van der Waals surface area contributed by atoms with E-state index in [1.54, 1.807) is 12.1 Å². The summed E-state index contributed by atoms with van der Waals surface area (Å²) >= 11 is 0. The largest absolute Gasteiger partial charge is 0.326 e. The Kier molecular flexibility index (Phi) is 5.31. The molecule has 1 saturated heterocycles. The molecule has 26 heavy (non-hydrogen) atoms. The van der Waals surface area contributed by atoms with Gasteiger partial charge in [-0.15, -0.1) is 0 Å². The number of nitrogens with zero attached hydrogens (tertiary/aromatic N) is 1. The maximum absolute atomic E-state index is 12.6. The number of imide groups is 1. The molecule has 2 aromatic carbocycles. The average molecular weight is 351 g/mol. The van der Waals surface area contributed by atoms with Gasteiger partial charge in [-0.1, -0.05) is 48.5 Å². The van der Waals surface area contributed by atoms with Crippen LogP contribution in [0.2, 0.25) is 0 Å². The highest BCUT2D eigenvalue weighted by Gasteiger charge is 2.40. The number of carbonyl (C=O) groups is 3. The molecule has 0 aliphatic carbocycles. The van der Waals surface area contributed by atoms with Crippen molar-refractivity contribution in [3.05, 3.63) is 66.2 Å². The second-order valence-electron chi connectivity index (χ2n) is 6.25. The molecular weight excluding hydrogens is 330 g/mol. The molecule has 1 aliphatic rings. The molecule has 6 nitrogen and oxygen atoms in total. The standard InChI is InChI=1S/C20H21N3O3/c1-14(15-8-4-2-5-9-15)23-19(25)17(22-20(23)26)12-13-18(24)21-16-10-6-3-7-11-16/h2-11,14,17H,12-13H2,1H3,(H,21,24)(H,22,26)/t14-,17+/m1/s1. The summed E-state index contributed by atoms with van der Waals surface area (Å²) in [6, 6.07) is 17.1. The number of rotatable bonds is 6. The van der Waals surface area contributed by atoms with Gasteiger partial charge in [0.05, 0.1) is 6.04 Å². The fraction of sp³-hybridized carbons (Fsp3) is 0.250. The van der Waals surface area contributed by atoms with Gasteiger partial charge in [0, 0.05) is 12.1 Å². The Morgan fingerprint density at radius 2 is 1.69 bits per heavy atom. The van der Waals surface area contributed by atoms with Crippen LogP contribution in [0, 0.1) is 0 Å². The lowest BCUT2D eigenvalue weighted by Gasteiger charge is -2.21. The van der Waals surface area contributed by atoms with E-state index in [4.69, 9.17) is 0 Å². The van der Waals surface area contributed by atoms with E-state index < -0.39 is 12.1 Å². The molecule has 3 rings (SSSR count). The van der Waals surface area contributed by atoms with Crippen molar-refractivity contribution in [2.24, 2.45) is 0 Å². The van der Waals surface area contributed by atoms with Gasteiger partial charge in [0.25, 0.3) is 5.91 Å². The fourth-order valence-corrected chi connectivity index (χ4v) is 3.01. The van der Waals surface area contributed by atoms with Crippen LogP contribution >= 0.6 is 0 Å². The number of hydrogen-bond donors (Lipinski definition) is 2. The van der Waals surface area contributed by atoms with Gasteiger partial charge in [-0.3, -0.25) is 14.5 Å². The molecule has 0 radical (unpaired) electrons. The van der Waals surface area contributed by atoms with Gasteiger partial charge >= 0.3 is 6.03 Å². The van der Waals surface area contributed by atoms with Crippen molar-refractivity contribution < 1.29 is 14.4 Å². The highest BCUT2D eigenvalue weighted by atomic mass is 16.2. The summed E-state index contributed by atoms with van der Waals surface area (Å²) < 4.78 is 0. The van der Waals surface area contributed by atoms with Crippen LogP contribution in [0.5, 0.6) is 0 Å². The van der Waals surface area contributed by atoms with Crippen molar-refractivity contribution in [3.8, 4) is 0 Å². The fourth-order valence-electron chi connectivity index (χ4n) is 3.01. The van der Waals surface area contributed by atoms with Crippen molar-refractivity contribution in [1.82, 2.24) is 10.2 Å². The molecule has 0 bridgehead atoms. The average Bonchev–Trinajstić information content (AvgIpc) is 2.94. The first-order valence-electron chi connectivity index (χ1n) is 8.59. The van der Waals surface area contributed by atoms with Gasteiger partial charge in [0.1, 0.15) is 6.04 Å². The third-order valence-electron chi connectivity index (χ3n) is 4.44. The second kappa shape index (κ2) is 7.82. The minimum absolute atomic E-state index is 0.152. The highest BCUT2D eigenvalue weighted by molar-refractivity contribution is 6.05. The summed E-state index contributed by atoms with van der Waals surface area (Å²) in [6.07, 6.45) is 0.417. The zero-order valence-electron chi connectivity index (χ0n) is 14.5. The van der Waals surface area contributed by atoms with Gasteiger partial charge in [0.15, 0.2) is 0 Å². The first-order valence-corrected chi connectivity index (χ1v) is 8.59. The van der Waals surface area contributed by atoms with E-state index >= 15 is 0 Å². The summed E-state index contributed by atoms with van der Waals surface area (Å²) in [4.78, 5) is 38.1. The smallest absolute Gasteiger partial charge is 0.325 e. The summed E-state index contributed by atoms with van der Waals surface area (Å²) in [5.74, 6) is -0.480. The van der Waals surface area contributed by atoms with E-state index in [-0.39, 0.29) is 30.7 Å². The summed E-state index contributed by atoms with van der Waals surface area (Å²) in [7, 11) is 0. The Morgan fingerprint density at radius 3 is 2.35 bits per heavy atom. The Morgan fingerprint density at radius 1 is 1.08 bits per heavy atom. The Labute approximate surface area is 152 Å².